The zero-order valence-corrected chi connectivity index (χ0v) is 13.3. The lowest BCUT2D eigenvalue weighted by Crippen LogP contribution is -2.14. The van der Waals surface area contributed by atoms with Gasteiger partial charge in [0.25, 0.3) is 0 Å². The number of alkyl halides is 3. The molecule has 3 aromatic rings. The Balaban J connectivity index is 1.88. The molecule has 0 fully saturated rings. The normalized spacial score (nSPS) is 12.6. The lowest BCUT2D eigenvalue weighted by atomic mass is 10.2. The zero-order chi connectivity index (χ0) is 18.0. The number of benzene rings is 2. The number of nitrogens with zero attached hydrogens (tertiary/aromatic N) is 3. The summed E-state index contributed by atoms with van der Waals surface area (Å²) in [6.07, 6.45) is -2.94. The van der Waals surface area contributed by atoms with Gasteiger partial charge in [-0.25, -0.2) is 13.8 Å². The molecule has 0 saturated heterocycles. The molecule has 0 bridgehead atoms. The van der Waals surface area contributed by atoms with E-state index < -0.39 is 23.4 Å². The number of hydrogen-bond acceptors (Lipinski definition) is 3. The molecular weight excluding hydrogens is 361 g/mol. The summed E-state index contributed by atoms with van der Waals surface area (Å²) >= 11 is 1.04. The van der Waals surface area contributed by atoms with E-state index in [1.54, 1.807) is 4.57 Å². The fraction of sp³-hybridized carbons (Fsp3) is 0.125. The van der Waals surface area contributed by atoms with Gasteiger partial charge in [0, 0.05) is 11.5 Å². The van der Waals surface area contributed by atoms with Gasteiger partial charge in [0.15, 0.2) is 11.6 Å². The van der Waals surface area contributed by atoms with Crippen LogP contribution in [0.3, 0.4) is 0 Å². The van der Waals surface area contributed by atoms with Gasteiger partial charge < -0.3 is 4.57 Å². The lowest BCUT2D eigenvalue weighted by molar-refractivity contribution is -0.137. The van der Waals surface area contributed by atoms with Crippen LogP contribution in [0.5, 0.6) is 0 Å². The molecule has 0 unspecified atom stereocenters. The van der Waals surface area contributed by atoms with Crippen molar-refractivity contribution in [2.45, 2.75) is 12.7 Å². The van der Waals surface area contributed by atoms with Crippen molar-refractivity contribution in [3.63, 3.8) is 0 Å². The molecule has 0 amide bonds. The largest absolute Gasteiger partial charge is 0.416 e. The highest BCUT2D eigenvalue weighted by atomic mass is 32.1. The Labute approximate surface area is 142 Å². The molecule has 9 heteroatoms. The average Bonchev–Trinajstić information content (AvgIpc) is 2.97. The fourth-order valence-electron chi connectivity index (χ4n) is 2.09. The van der Waals surface area contributed by atoms with E-state index in [0.717, 1.165) is 35.8 Å². The van der Waals surface area contributed by atoms with Gasteiger partial charge in [0.1, 0.15) is 6.33 Å². The SMILES string of the molecule is Fc1ccc(Cn2cnsc2=Nc2ccc(C(F)(F)F)cc2)cc1F. The van der Waals surface area contributed by atoms with Gasteiger partial charge in [-0.1, -0.05) is 6.07 Å². The molecule has 3 rings (SSSR count). The second-order valence-electron chi connectivity index (χ2n) is 5.13. The Hall–Kier alpha value is -2.55. The first-order valence-corrected chi connectivity index (χ1v) is 7.77. The predicted molar refractivity (Wildman–Crippen MR) is 82.2 cm³/mol. The van der Waals surface area contributed by atoms with E-state index in [1.807, 2.05) is 0 Å². The summed E-state index contributed by atoms with van der Waals surface area (Å²) in [6.45, 7) is 0.202. The van der Waals surface area contributed by atoms with E-state index in [1.165, 1.54) is 24.5 Å². The Bertz CT molecular complexity index is 941. The van der Waals surface area contributed by atoms with Crippen molar-refractivity contribution < 1.29 is 22.0 Å². The molecule has 0 atom stereocenters. The van der Waals surface area contributed by atoms with Crippen LogP contribution in [0.2, 0.25) is 0 Å². The van der Waals surface area contributed by atoms with Gasteiger partial charge in [0.05, 0.1) is 17.8 Å². The van der Waals surface area contributed by atoms with Gasteiger partial charge >= 0.3 is 6.18 Å². The first-order chi connectivity index (χ1) is 11.8. The Morgan fingerprint density at radius 1 is 1.00 bits per heavy atom. The Morgan fingerprint density at radius 3 is 2.36 bits per heavy atom. The van der Waals surface area contributed by atoms with Crippen LogP contribution in [0.1, 0.15) is 11.1 Å². The lowest BCUT2D eigenvalue weighted by Gasteiger charge is -2.06. The van der Waals surface area contributed by atoms with Gasteiger partial charge in [-0.15, -0.1) is 0 Å². The van der Waals surface area contributed by atoms with Crippen LogP contribution in [0, 0.1) is 11.6 Å². The average molecular weight is 371 g/mol. The fourth-order valence-corrected chi connectivity index (χ4v) is 2.71. The highest BCUT2D eigenvalue weighted by molar-refractivity contribution is 7.02. The maximum atomic E-state index is 13.3. The van der Waals surface area contributed by atoms with E-state index in [9.17, 15) is 22.0 Å². The summed E-state index contributed by atoms with van der Waals surface area (Å²) < 4.78 is 69.5. The molecule has 0 aliphatic carbocycles. The minimum Gasteiger partial charge on any atom is -0.302 e. The molecule has 3 nitrogen and oxygen atoms in total. The van der Waals surface area contributed by atoms with E-state index in [2.05, 4.69) is 9.37 Å². The molecule has 0 N–H and O–H groups in total. The van der Waals surface area contributed by atoms with Crippen molar-refractivity contribution in [2.75, 3.05) is 0 Å². The molecular formula is C16H10F5N3S. The topological polar surface area (TPSA) is 30.2 Å². The van der Waals surface area contributed by atoms with Crippen molar-refractivity contribution in [3.05, 3.63) is 76.4 Å². The van der Waals surface area contributed by atoms with Crippen molar-refractivity contribution in [3.8, 4) is 0 Å². The van der Waals surface area contributed by atoms with Crippen molar-refractivity contribution in [2.24, 2.45) is 4.99 Å². The summed E-state index contributed by atoms with van der Waals surface area (Å²) in [5, 5.41) is 0. The number of halogens is 5. The molecule has 1 heterocycles. The number of hydrogen-bond donors (Lipinski definition) is 0. The molecule has 0 aliphatic rings. The summed E-state index contributed by atoms with van der Waals surface area (Å²) in [5.41, 5.74) is 0.0784. The third-order valence-corrected chi connectivity index (χ3v) is 4.01. The van der Waals surface area contributed by atoms with Crippen LogP contribution >= 0.6 is 11.5 Å². The Morgan fingerprint density at radius 2 is 1.72 bits per heavy atom. The minimum atomic E-state index is -4.41. The van der Waals surface area contributed by atoms with Gasteiger partial charge in [-0.05, 0) is 42.0 Å². The summed E-state index contributed by atoms with van der Waals surface area (Å²) in [4.78, 5) is 4.67. The third-order valence-electron chi connectivity index (χ3n) is 3.32. The van der Waals surface area contributed by atoms with E-state index in [-0.39, 0.29) is 6.54 Å². The van der Waals surface area contributed by atoms with Gasteiger partial charge in [-0.2, -0.15) is 17.5 Å². The second-order valence-corrected chi connectivity index (χ2v) is 5.89. The van der Waals surface area contributed by atoms with E-state index >= 15 is 0 Å². The van der Waals surface area contributed by atoms with Crippen LogP contribution < -0.4 is 4.80 Å². The molecule has 0 radical (unpaired) electrons. The van der Waals surface area contributed by atoms with Crippen LogP contribution in [-0.4, -0.2) is 8.94 Å². The standard InChI is InChI=1S/C16H10F5N3S/c17-13-6-1-10(7-14(13)18)8-24-9-22-25-15(24)23-12-4-2-11(3-5-12)16(19,20)21/h1-7,9H,8H2. The molecule has 130 valence electrons. The third kappa shape index (κ3) is 4.11. The van der Waals surface area contributed by atoms with Gasteiger partial charge in [0.2, 0.25) is 4.80 Å². The highest BCUT2D eigenvalue weighted by Crippen LogP contribution is 2.30. The van der Waals surface area contributed by atoms with Crippen molar-refractivity contribution in [1.29, 1.82) is 0 Å². The second kappa shape index (κ2) is 6.75. The highest BCUT2D eigenvalue weighted by Gasteiger charge is 2.29. The maximum Gasteiger partial charge on any atom is 0.416 e. The molecule has 0 aliphatic heterocycles. The van der Waals surface area contributed by atoms with Crippen LogP contribution in [0.4, 0.5) is 27.6 Å². The van der Waals surface area contributed by atoms with Crippen LogP contribution in [0.25, 0.3) is 0 Å². The molecule has 2 aromatic carbocycles. The number of aromatic nitrogens is 2. The maximum absolute atomic E-state index is 13.3. The van der Waals surface area contributed by atoms with Crippen LogP contribution in [0.15, 0.2) is 53.8 Å². The molecule has 1 aromatic heterocycles. The summed E-state index contributed by atoms with van der Waals surface area (Å²) in [5.74, 6) is -1.89. The molecule has 0 saturated carbocycles. The first kappa shape index (κ1) is 17.3. The first-order valence-electron chi connectivity index (χ1n) is 7.00. The summed E-state index contributed by atoms with van der Waals surface area (Å²) in [7, 11) is 0. The quantitative estimate of drug-likeness (QED) is 0.623. The molecule has 0 spiro atoms. The van der Waals surface area contributed by atoms with Crippen LogP contribution in [-0.2, 0) is 12.7 Å². The predicted octanol–water partition coefficient (Wildman–Crippen LogP) is 4.52. The van der Waals surface area contributed by atoms with Crippen molar-refractivity contribution >= 4 is 17.2 Å². The number of rotatable bonds is 3. The Kier molecular flexibility index (Phi) is 4.67. The van der Waals surface area contributed by atoms with Gasteiger partial charge in [-0.3, -0.25) is 0 Å². The van der Waals surface area contributed by atoms with Crippen molar-refractivity contribution in [1.82, 2.24) is 8.94 Å². The van der Waals surface area contributed by atoms with E-state index in [4.69, 9.17) is 0 Å². The zero-order valence-electron chi connectivity index (χ0n) is 12.5. The minimum absolute atomic E-state index is 0.202. The monoisotopic (exact) mass is 371 g/mol. The summed E-state index contributed by atoms with van der Waals surface area (Å²) in [6, 6.07) is 7.93. The van der Waals surface area contributed by atoms with E-state index in [0.29, 0.717) is 16.1 Å². The molecule has 25 heavy (non-hydrogen) atoms. The smallest absolute Gasteiger partial charge is 0.302 e.